The molecule has 94 valence electrons. The molecule has 0 aliphatic heterocycles. The van der Waals surface area contributed by atoms with Crippen molar-refractivity contribution in [1.82, 2.24) is 4.98 Å². The number of unbranched alkanes of at least 4 members (excludes halogenated alkanes) is 1. The van der Waals surface area contributed by atoms with Gasteiger partial charge in [-0.1, -0.05) is 26.7 Å². The van der Waals surface area contributed by atoms with Crippen LogP contribution in [-0.4, -0.2) is 10.8 Å². The number of carbonyl (C=O) groups excluding carboxylic acids is 1. The van der Waals surface area contributed by atoms with Crippen molar-refractivity contribution in [2.24, 2.45) is 5.92 Å². The molecule has 0 saturated heterocycles. The SMILES string of the molecule is CCCCC(CC)C(=O)Cc1cncc(Br)c1. The Morgan fingerprint density at radius 3 is 2.76 bits per heavy atom. The Morgan fingerprint density at radius 1 is 1.41 bits per heavy atom. The van der Waals surface area contributed by atoms with Crippen molar-refractivity contribution < 1.29 is 4.79 Å². The van der Waals surface area contributed by atoms with Crippen molar-refractivity contribution in [3.63, 3.8) is 0 Å². The minimum absolute atomic E-state index is 0.217. The summed E-state index contributed by atoms with van der Waals surface area (Å²) in [7, 11) is 0. The van der Waals surface area contributed by atoms with E-state index in [1.165, 1.54) is 0 Å². The Morgan fingerprint density at radius 2 is 2.18 bits per heavy atom. The van der Waals surface area contributed by atoms with Gasteiger partial charge >= 0.3 is 0 Å². The average Bonchev–Trinajstić information content (AvgIpc) is 2.30. The number of carbonyl (C=O) groups is 1. The van der Waals surface area contributed by atoms with Crippen LogP contribution in [0.2, 0.25) is 0 Å². The van der Waals surface area contributed by atoms with Crippen LogP contribution in [0.25, 0.3) is 0 Å². The predicted molar refractivity (Wildman–Crippen MR) is 74.0 cm³/mol. The highest BCUT2D eigenvalue weighted by Gasteiger charge is 2.16. The Balaban J connectivity index is 2.57. The number of rotatable bonds is 7. The molecule has 2 nitrogen and oxygen atoms in total. The highest BCUT2D eigenvalue weighted by Crippen LogP contribution is 2.17. The monoisotopic (exact) mass is 297 g/mol. The van der Waals surface area contributed by atoms with E-state index in [0.29, 0.717) is 12.2 Å². The molecule has 0 spiro atoms. The highest BCUT2D eigenvalue weighted by atomic mass is 79.9. The van der Waals surface area contributed by atoms with E-state index < -0.39 is 0 Å². The van der Waals surface area contributed by atoms with E-state index in [1.54, 1.807) is 12.4 Å². The molecule has 0 N–H and O–H groups in total. The van der Waals surface area contributed by atoms with E-state index >= 15 is 0 Å². The molecule has 1 aromatic rings. The van der Waals surface area contributed by atoms with E-state index in [0.717, 1.165) is 35.7 Å². The van der Waals surface area contributed by atoms with Crippen LogP contribution in [0, 0.1) is 5.92 Å². The molecule has 0 bridgehead atoms. The van der Waals surface area contributed by atoms with Gasteiger partial charge in [-0.05, 0) is 40.4 Å². The van der Waals surface area contributed by atoms with Gasteiger partial charge in [0.25, 0.3) is 0 Å². The van der Waals surface area contributed by atoms with Crippen LogP contribution >= 0.6 is 15.9 Å². The first kappa shape index (κ1) is 14.4. The molecule has 1 heterocycles. The number of nitrogens with zero attached hydrogens (tertiary/aromatic N) is 1. The largest absolute Gasteiger partial charge is 0.299 e. The van der Waals surface area contributed by atoms with Crippen LogP contribution in [0.1, 0.15) is 45.1 Å². The van der Waals surface area contributed by atoms with Crippen molar-refractivity contribution >= 4 is 21.7 Å². The molecule has 1 unspecified atom stereocenters. The zero-order valence-electron chi connectivity index (χ0n) is 10.6. The molecule has 0 fully saturated rings. The van der Waals surface area contributed by atoms with Gasteiger partial charge in [0.05, 0.1) is 0 Å². The van der Waals surface area contributed by atoms with Gasteiger partial charge in [0.2, 0.25) is 0 Å². The van der Waals surface area contributed by atoms with Crippen molar-refractivity contribution in [1.29, 1.82) is 0 Å². The fourth-order valence-corrected chi connectivity index (χ4v) is 2.35. The number of pyridine rings is 1. The average molecular weight is 298 g/mol. The summed E-state index contributed by atoms with van der Waals surface area (Å²) in [6.45, 7) is 4.26. The number of halogens is 1. The smallest absolute Gasteiger partial charge is 0.140 e. The minimum Gasteiger partial charge on any atom is -0.299 e. The third-order valence-electron chi connectivity index (χ3n) is 2.99. The molecule has 0 radical (unpaired) electrons. The molecule has 1 aromatic heterocycles. The third kappa shape index (κ3) is 4.99. The van der Waals surface area contributed by atoms with Crippen LogP contribution in [0.4, 0.5) is 0 Å². The lowest BCUT2D eigenvalue weighted by Gasteiger charge is -2.13. The fourth-order valence-electron chi connectivity index (χ4n) is 1.94. The predicted octanol–water partition coefficient (Wildman–Crippen LogP) is 4.17. The van der Waals surface area contributed by atoms with Crippen molar-refractivity contribution in [2.75, 3.05) is 0 Å². The minimum atomic E-state index is 0.217. The van der Waals surface area contributed by atoms with Gasteiger partial charge in [-0.2, -0.15) is 0 Å². The Labute approximate surface area is 112 Å². The van der Waals surface area contributed by atoms with Crippen LogP contribution in [0.5, 0.6) is 0 Å². The molecule has 0 aliphatic carbocycles. The van der Waals surface area contributed by atoms with Gasteiger partial charge in [0.1, 0.15) is 5.78 Å². The van der Waals surface area contributed by atoms with Gasteiger partial charge in [-0.15, -0.1) is 0 Å². The zero-order chi connectivity index (χ0) is 12.7. The lowest BCUT2D eigenvalue weighted by Crippen LogP contribution is -2.16. The standard InChI is InChI=1S/C14H20BrNO/c1-3-5-6-12(4-2)14(17)8-11-7-13(15)10-16-9-11/h7,9-10,12H,3-6,8H2,1-2H3. The molecule has 17 heavy (non-hydrogen) atoms. The van der Waals surface area contributed by atoms with Gasteiger partial charge in [0, 0.05) is 29.2 Å². The molecule has 0 aromatic carbocycles. The van der Waals surface area contributed by atoms with Crippen LogP contribution in [0.3, 0.4) is 0 Å². The maximum absolute atomic E-state index is 12.1. The summed E-state index contributed by atoms with van der Waals surface area (Å²) < 4.78 is 0.935. The van der Waals surface area contributed by atoms with Gasteiger partial charge in [-0.3, -0.25) is 9.78 Å². The molecule has 0 saturated carbocycles. The number of hydrogen-bond donors (Lipinski definition) is 0. The van der Waals surface area contributed by atoms with Crippen LogP contribution in [0.15, 0.2) is 22.9 Å². The van der Waals surface area contributed by atoms with Gasteiger partial charge in [0.15, 0.2) is 0 Å². The highest BCUT2D eigenvalue weighted by molar-refractivity contribution is 9.10. The van der Waals surface area contributed by atoms with Gasteiger partial charge in [-0.25, -0.2) is 0 Å². The molecular weight excluding hydrogens is 278 g/mol. The molecule has 0 aliphatic rings. The first-order chi connectivity index (χ1) is 8.17. The summed E-state index contributed by atoms with van der Waals surface area (Å²) >= 11 is 3.37. The van der Waals surface area contributed by atoms with Crippen molar-refractivity contribution in [3.8, 4) is 0 Å². The number of Topliss-reactive ketones (excluding diaryl/α,β-unsaturated/α-hetero) is 1. The lowest BCUT2D eigenvalue weighted by molar-refractivity contribution is -0.122. The quantitative estimate of drug-likeness (QED) is 0.756. The maximum atomic E-state index is 12.1. The topological polar surface area (TPSA) is 30.0 Å². The summed E-state index contributed by atoms with van der Waals surface area (Å²) in [4.78, 5) is 16.2. The van der Waals surface area contributed by atoms with Crippen LogP contribution in [-0.2, 0) is 11.2 Å². The van der Waals surface area contributed by atoms with Crippen molar-refractivity contribution in [3.05, 3.63) is 28.5 Å². The summed E-state index contributed by atoms with van der Waals surface area (Å²) in [5, 5.41) is 0. The normalized spacial score (nSPS) is 12.4. The first-order valence-electron chi connectivity index (χ1n) is 6.29. The summed E-state index contributed by atoms with van der Waals surface area (Å²) in [5.74, 6) is 0.565. The molecule has 1 atom stereocenters. The summed E-state index contributed by atoms with van der Waals surface area (Å²) in [6.07, 6.45) is 8.28. The van der Waals surface area contributed by atoms with Crippen LogP contribution < -0.4 is 0 Å². The summed E-state index contributed by atoms with van der Waals surface area (Å²) in [5.41, 5.74) is 0.999. The number of aromatic nitrogens is 1. The molecule has 1 rings (SSSR count). The van der Waals surface area contributed by atoms with E-state index in [1.807, 2.05) is 6.07 Å². The second-order valence-corrected chi connectivity index (χ2v) is 5.32. The van der Waals surface area contributed by atoms with E-state index in [9.17, 15) is 4.79 Å². The number of ketones is 1. The number of hydrogen-bond acceptors (Lipinski definition) is 2. The fraction of sp³-hybridized carbons (Fsp3) is 0.571. The molecular formula is C14H20BrNO. The molecule has 0 amide bonds. The lowest BCUT2D eigenvalue weighted by atomic mass is 9.91. The zero-order valence-corrected chi connectivity index (χ0v) is 12.2. The second kappa shape index (κ2) is 7.59. The van der Waals surface area contributed by atoms with E-state index in [4.69, 9.17) is 0 Å². The molecule has 3 heteroatoms. The Hall–Kier alpha value is -0.700. The van der Waals surface area contributed by atoms with Crippen molar-refractivity contribution in [2.45, 2.75) is 46.0 Å². The van der Waals surface area contributed by atoms with E-state index in [-0.39, 0.29) is 5.92 Å². The van der Waals surface area contributed by atoms with Gasteiger partial charge < -0.3 is 0 Å². The Bertz CT molecular complexity index is 365. The Kier molecular flexibility index (Phi) is 6.41. The second-order valence-electron chi connectivity index (χ2n) is 4.40. The maximum Gasteiger partial charge on any atom is 0.140 e. The van der Waals surface area contributed by atoms with E-state index in [2.05, 4.69) is 34.8 Å². The first-order valence-corrected chi connectivity index (χ1v) is 7.08. The third-order valence-corrected chi connectivity index (χ3v) is 3.43. The summed E-state index contributed by atoms with van der Waals surface area (Å²) in [6, 6.07) is 1.97.